The first kappa shape index (κ1) is 14.0. The molecule has 21 heavy (non-hydrogen) atoms. The van der Waals surface area contributed by atoms with Crippen LogP contribution in [0.15, 0.2) is 36.4 Å². The molecule has 0 saturated carbocycles. The number of nitrogens with one attached hydrogen (secondary N) is 1. The van der Waals surface area contributed by atoms with Crippen LogP contribution in [0.1, 0.15) is 35.3 Å². The van der Waals surface area contributed by atoms with Gasteiger partial charge in [-0.3, -0.25) is 0 Å². The molecule has 0 aromatic heterocycles. The second-order valence-corrected chi connectivity index (χ2v) is 5.37. The summed E-state index contributed by atoms with van der Waals surface area (Å²) in [4.78, 5) is 0. The van der Waals surface area contributed by atoms with Crippen LogP contribution >= 0.6 is 0 Å². The molecule has 0 spiro atoms. The molecule has 2 atom stereocenters. The van der Waals surface area contributed by atoms with E-state index in [1.807, 2.05) is 13.1 Å². The Morgan fingerprint density at radius 1 is 1.14 bits per heavy atom. The fraction of sp³-hybridized carbons (Fsp3) is 0.294. The zero-order chi connectivity index (χ0) is 15.0. The molecule has 1 heterocycles. The maximum atomic E-state index is 13.7. The summed E-state index contributed by atoms with van der Waals surface area (Å²) < 4.78 is 33.0. The first-order valence-electron chi connectivity index (χ1n) is 6.98. The van der Waals surface area contributed by atoms with E-state index in [2.05, 4.69) is 5.32 Å². The Hall–Kier alpha value is -1.94. The van der Waals surface area contributed by atoms with Gasteiger partial charge >= 0.3 is 0 Å². The van der Waals surface area contributed by atoms with Crippen LogP contribution in [-0.4, -0.2) is 7.05 Å². The Morgan fingerprint density at radius 2 is 1.95 bits per heavy atom. The van der Waals surface area contributed by atoms with Crippen molar-refractivity contribution >= 4 is 0 Å². The number of benzene rings is 2. The molecule has 2 aromatic rings. The van der Waals surface area contributed by atoms with Crippen LogP contribution in [0.25, 0.3) is 0 Å². The summed E-state index contributed by atoms with van der Waals surface area (Å²) in [5.74, 6) is -0.0620. The normalized spacial score (nSPS) is 20.8. The lowest BCUT2D eigenvalue weighted by atomic mass is 9.92. The molecule has 3 rings (SSSR count). The number of hydrogen-bond acceptors (Lipinski definition) is 2. The molecule has 0 radical (unpaired) electrons. The van der Waals surface area contributed by atoms with Crippen LogP contribution < -0.4 is 10.1 Å². The Morgan fingerprint density at radius 3 is 2.67 bits per heavy atom. The molecule has 0 amide bonds. The van der Waals surface area contributed by atoms with Crippen molar-refractivity contribution in [3.63, 3.8) is 0 Å². The summed E-state index contributed by atoms with van der Waals surface area (Å²) in [7, 11) is 1.86. The van der Waals surface area contributed by atoms with Crippen molar-refractivity contribution in [2.45, 2.75) is 25.5 Å². The van der Waals surface area contributed by atoms with Crippen LogP contribution in [0.5, 0.6) is 5.75 Å². The van der Waals surface area contributed by atoms with Gasteiger partial charge in [-0.05, 0) is 37.2 Å². The van der Waals surface area contributed by atoms with Crippen LogP contribution in [0.3, 0.4) is 0 Å². The van der Waals surface area contributed by atoms with Gasteiger partial charge in [0.15, 0.2) is 0 Å². The lowest BCUT2D eigenvalue weighted by Crippen LogP contribution is -2.26. The van der Waals surface area contributed by atoms with Gasteiger partial charge in [-0.25, -0.2) is 8.78 Å². The van der Waals surface area contributed by atoms with Gasteiger partial charge in [-0.15, -0.1) is 0 Å². The highest BCUT2D eigenvalue weighted by Crippen LogP contribution is 2.41. The predicted molar refractivity (Wildman–Crippen MR) is 77.3 cm³/mol. The van der Waals surface area contributed by atoms with Crippen LogP contribution in [-0.2, 0) is 0 Å². The molecular formula is C17H17F2NO. The van der Waals surface area contributed by atoms with E-state index in [0.29, 0.717) is 17.7 Å². The average Bonchev–Trinajstić information content (AvgIpc) is 2.48. The Labute approximate surface area is 122 Å². The lowest BCUT2D eigenvalue weighted by Gasteiger charge is -2.32. The molecule has 2 nitrogen and oxygen atoms in total. The number of aryl methyl sites for hydroxylation is 1. The van der Waals surface area contributed by atoms with Gasteiger partial charge in [0.25, 0.3) is 0 Å². The Bertz CT molecular complexity index is 672. The van der Waals surface area contributed by atoms with Crippen molar-refractivity contribution in [3.05, 3.63) is 64.7 Å². The number of halogens is 2. The third kappa shape index (κ3) is 2.63. The van der Waals surface area contributed by atoms with E-state index < -0.39 is 0 Å². The average molecular weight is 289 g/mol. The van der Waals surface area contributed by atoms with Gasteiger partial charge < -0.3 is 10.1 Å². The number of hydrogen-bond donors (Lipinski definition) is 1. The van der Waals surface area contributed by atoms with Crippen LogP contribution in [0, 0.1) is 18.6 Å². The van der Waals surface area contributed by atoms with Crippen molar-refractivity contribution in [1.82, 2.24) is 5.32 Å². The van der Waals surface area contributed by atoms with Gasteiger partial charge in [0.1, 0.15) is 23.5 Å². The van der Waals surface area contributed by atoms with E-state index >= 15 is 0 Å². The van der Waals surface area contributed by atoms with E-state index in [1.54, 1.807) is 19.1 Å². The molecule has 0 fully saturated rings. The summed E-state index contributed by atoms with van der Waals surface area (Å²) in [5.41, 5.74) is 2.31. The topological polar surface area (TPSA) is 21.3 Å². The minimum Gasteiger partial charge on any atom is -0.485 e. The fourth-order valence-electron chi connectivity index (χ4n) is 2.73. The molecule has 1 N–H and O–H groups in total. The van der Waals surface area contributed by atoms with Gasteiger partial charge in [0, 0.05) is 24.1 Å². The zero-order valence-corrected chi connectivity index (χ0v) is 12.0. The van der Waals surface area contributed by atoms with Crippen molar-refractivity contribution < 1.29 is 13.5 Å². The molecule has 0 aliphatic carbocycles. The third-order valence-electron chi connectivity index (χ3n) is 3.99. The fourth-order valence-corrected chi connectivity index (χ4v) is 2.73. The molecule has 1 aliphatic rings. The summed E-state index contributed by atoms with van der Waals surface area (Å²) >= 11 is 0. The van der Waals surface area contributed by atoms with E-state index in [0.717, 1.165) is 11.1 Å². The molecule has 1 aliphatic heterocycles. The monoisotopic (exact) mass is 289 g/mol. The summed E-state index contributed by atoms with van der Waals surface area (Å²) in [6.07, 6.45) is 0.393. The van der Waals surface area contributed by atoms with Gasteiger partial charge in [-0.1, -0.05) is 18.2 Å². The van der Waals surface area contributed by atoms with Crippen molar-refractivity contribution in [2.75, 3.05) is 7.05 Å². The Kier molecular flexibility index (Phi) is 3.64. The van der Waals surface area contributed by atoms with E-state index in [-0.39, 0.29) is 23.8 Å². The SMILES string of the molecule is CNC1CC(c2ccc(C)c(F)c2)Oc2cc(F)ccc21. The molecule has 110 valence electrons. The highest BCUT2D eigenvalue weighted by atomic mass is 19.1. The maximum absolute atomic E-state index is 13.7. The number of fused-ring (bicyclic) bond motifs is 1. The number of rotatable bonds is 2. The van der Waals surface area contributed by atoms with E-state index in [9.17, 15) is 8.78 Å². The first-order chi connectivity index (χ1) is 10.1. The third-order valence-corrected chi connectivity index (χ3v) is 3.99. The molecule has 0 saturated heterocycles. The summed E-state index contributed by atoms with van der Waals surface area (Å²) in [6.45, 7) is 1.72. The van der Waals surface area contributed by atoms with Crippen LogP contribution in [0.4, 0.5) is 8.78 Å². The maximum Gasteiger partial charge on any atom is 0.127 e. The minimum absolute atomic E-state index is 0.0590. The van der Waals surface area contributed by atoms with Gasteiger partial charge in [0.2, 0.25) is 0 Å². The van der Waals surface area contributed by atoms with E-state index in [1.165, 1.54) is 18.2 Å². The second-order valence-electron chi connectivity index (χ2n) is 5.37. The predicted octanol–water partition coefficient (Wildman–Crippen LogP) is 4.06. The zero-order valence-electron chi connectivity index (χ0n) is 12.0. The largest absolute Gasteiger partial charge is 0.485 e. The Balaban J connectivity index is 1.97. The summed E-state index contributed by atoms with van der Waals surface area (Å²) in [5, 5.41) is 3.21. The standard InChI is InChI=1S/C17H17F2NO/c1-10-3-4-11(7-14(10)19)16-9-15(20-2)13-6-5-12(18)8-17(13)21-16/h3-8,15-16,20H,9H2,1-2H3. The molecule has 0 bridgehead atoms. The smallest absolute Gasteiger partial charge is 0.127 e. The first-order valence-corrected chi connectivity index (χ1v) is 6.98. The molecule has 4 heteroatoms. The minimum atomic E-state index is -0.334. The highest BCUT2D eigenvalue weighted by molar-refractivity contribution is 5.40. The number of ether oxygens (including phenoxy) is 1. The summed E-state index contributed by atoms with van der Waals surface area (Å²) in [6, 6.07) is 9.70. The quantitative estimate of drug-likeness (QED) is 0.900. The highest BCUT2D eigenvalue weighted by Gasteiger charge is 2.29. The van der Waals surface area contributed by atoms with Crippen molar-refractivity contribution in [2.24, 2.45) is 0 Å². The van der Waals surface area contributed by atoms with E-state index in [4.69, 9.17) is 4.74 Å². The second kappa shape index (κ2) is 5.45. The molecular weight excluding hydrogens is 272 g/mol. The molecule has 2 aromatic carbocycles. The molecule has 2 unspecified atom stereocenters. The van der Waals surface area contributed by atoms with Crippen molar-refractivity contribution in [3.8, 4) is 5.75 Å². The van der Waals surface area contributed by atoms with Crippen LogP contribution in [0.2, 0.25) is 0 Å². The van der Waals surface area contributed by atoms with Gasteiger partial charge in [0.05, 0.1) is 0 Å². The lowest BCUT2D eigenvalue weighted by molar-refractivity contribution is 0.153. The van der Waals surface area contributed by atoms with Crippen molar-refractivity contribution in [1.29, 1.82) is 0 Å². The van der Waals surface area contributed by atoms with Gasteiger partial charge in [-0.2, -0.15) is 0 Å².